The topological polar surface area (TPSA) is 80.5 Å². The molecule has 1 saturated carbocycles. The molecule has 8 heteroatoms. The van der Waals surface area contributed by atoms with Gasteiger partial charge in [-0.1, -0.05) is 11.2 Å². The molecule has 2 aliphatic rings. The van der Waals surface area contributed by atoms with Crippen molar-refractivity contribution < 1.29 is 18.4 Å². The van der Waals surface area contributed by atoms with E-state index >= 15 is 0 Å². The zero-order valence-electron chi connectivity index (χ0n) is 16.9. The molecule has 1 atom stereocenters. The molecule has 0 spiro atoms. The van der Waals surface area contributed by atoms with Crippen LogP contribution in [0.15, 0.2) is 22.7 Å². The van der Waals surface area contributed by atoms with Crippen LogP contribution >= 0.6 is 0 Å². The lowest BCUT2D eigenvalue weighted by Gasteiger charge is -2.40. The fourth-order valence-corrected chi connectivity index (χ4v) is 3.98. The van der Waals surface area contributed by atoms with Crippen molar-refractivity contribution in [3.8, 4) is 0 Å². The summed E-state index contributed by atoms with van der Waals surface area (Å²) < 4.78 is 24.7. The van der Waals surface area contributed by atoms with Gasteiger partial charge in [-0.15, -0.1) is 0 Å². The van der Waals surface area contributed by atoms with Gasteiger partial charge in [-0.2, -0.15) is 4.98 Å². The number of rotatable bonds is 6. The number of anilines is 1. The molecule has 29 heavy (non-hydrogen) atoms. The second kappa shape index (κ2) is 8.10. The third-order valence-electron chi connectivity index (χ3n) is 6.00. The molecule has 1 aliphatic carbocycles. The van der Waals surface area contributed by atoms with Gasteiger partial charge in [0.1, 0.15) is 5.82 Å². The number of methoxy groups -OCH3 is 1. The molecule has 1 N–H and O–H groups in total. The molecular formula is C21H27FN4O3. The van der Waals surface area contributed by atoms with Crippen LogP contribution in [0.3, 0.4) is 0 Å². The third kappa shape index (κ3) is 4.12. The highest BCUT2D eigenvalue weighted by Gasteiger charge is 2.43. The van der Waals surface area contributed by atoms with Crippen LogP contribution in [0, 0.1) is 12.7 Å². The molecule has 1 unspecified atom stereocenters. The summed E-state index contributed by atoms with van der Waals surface area (Å²) in [5.41, 5.74) is 0.508. The molecule has 1 saturated heterocycles. The fraction of sp³-hybridized carbons (Fsp3) is 0.571. The number of nitrogens with zero attached hydrogens (tertiary/aromatic N) is 3. The number of hydrogen-bond acceptors (Lipinski definition) is 5. The van der Waals surface area contributed by atoms with E-state index < -0.39 is 5.41 Å². The third-order valence-corrected chi connectivity index (χ3v) is 6.00. The van der Waals surface area contributed by atoms with Crippen molar-refractivity contribution >= 4 is 11.7 Å². The van der Waals surface area contributed by atoms with Crippen LogP contribution in [0.2, 0.25) is 0 Å². The van der Waals surface area contributed by atoms with Crippen molar-refractivity contribution in [2.45, 2.75) is 50.4 Å². The van der Waals surface area contributed by atoms with Crippen LogP contribution in [0.1, 0.15) is 55.3 Å². The Hall–Kier alpha value is -2.48. The predicted octanol–water partition coefficient (Wildman–Crippen LogP) is 4.00. The number of ether oxygens (including phenoxy) is 1. The van der Waals surface area contributed by atoms with Crippen molar-refractivity contribution in [3.05, 3.63) is 41.3 Å². The number of aromatic nitrogens is 2. The first kappa shape index (κ1) is 19.8. The Labute approximate surface area is 169 Å². The predicted molar refractivity (Wildman–Crippen MR) is 105 cm³/mol. The lowest BCUT2D eigenvalue weighted by atomic mass is 9.76. The number of amides is 2. The molecule has 2 amide bonds. The monoisotopic (exact) mass is 402 g/mol. The second-order valence-electron chi connectivity index (χ2n) is 8.12. The summed E-state index contributed by atoms with van der Waals surface area (Å²) in [4.78, 5) is 19.4. The van der Waals surface area contributed by atoms with E-state index in [1.165, 1.54) is 6.07 Å². The SMILES string of the molecule is COCCC1(c2noc(C3CC3)n2)CCCN(C(=O)Nc2cccc(F)c2C)C1. The maximum absolute atomic E-state index is 13.8. The van der Waals surface area contributed by atoms with E-state index in [2.05, 4.69) is 15.5 Å². The number of halogens is 1. The number of urea groups is 1. The van der Waals surface area contributed by atoms with Crippen molar-refractivity contribution in [1.29, 1.82) is 0 Å². The molecule has 2 heterocycles. The van der Waals surface area contributed by atoms with Gasteiger partial charge >= 0.3 is 6.03 Å². The molecule has 1 aromatic heterocycles. The first-order chi connectivity index (χ1) is 14.0. The molecule has 0 bridgehead atoms. The van der Waals surface area contributed by atoms with Crippen molar-refractivity contribution in [2.24, 2.45) is 0 Å². The zero-order valence-corrected chi connectivity index (χ0v) is 16.9. The maximum Gasteiger partial charge on any atom is 0.321 e. The molecule has 4 rings (SSSR count). The highest BCUT2D eigenvalue weighted by Crippen LogP contribution is 2.41. The summed E-state index contributed by atoms with van der Waals surface area (Å²) in [6, 6.07) is 4.44. The maximum atomic E-state index is 13.8. The van der Waals surface area contributed by atoms with Crippen LogP contribution < -0.4 is 5.32 Å². The minimum absolute atomic E-state index is 0.244. The summed E-state index contributed by atoms with van der Waals surface area (Å²) >= 11 is 0. The van der Waals surface area contributed by atoms with Gasteiger partial charge < -0.3 is 19.5 Å². The highest BCUT2D eigenvalue weighted by molar-refractivity contribution is 5.90. The van der Waals surface area contributed by atoms with Gasteiger partial charge in [0.2, 0.25) is 5.89 Å². The van der Waals surface area contributed by atoms with Gasteiger partial charge in [-0.25, -0.2) is 9.18 Å². The molecule has 2 fully saturated rings. The van der Waals surface area contributed by atoms with Crippen LogP contribution in [0.25, 0.3) is 0 Å². The van der Waals surface area contributed by atoms with E-state index in [0.29, 0.717) is 55.0 Å². The summed E-state index contributed by atoms with van der Waals surface area (Å²) in [6.45, 7) is 3.30. The van der Waals surface area contributed by atoms with Crippen LogP contribution in [0.5, 0.6) is 0 Å². The lowest BCUT2D eigenvalue weighted by molar-refractivity contribution is 0.111. The van der Waals surface area contributed by atoms with Crippen LogP contribution in [0.4, 0.5) is 14.9 Å². The van der Waals surface area contributed by atoms with Crippen LogP contribution in [-0.2, 0) is 10.2 Å². The lowest BCUT2D eigenvalue weighted by Crippen LogP contribution is -2.50. The van der Waals surface area contributed by atoms with E-state index in [4.69, 9.17) is 9.26 Å². The van der Waals surface area contributed by atoms with E-state index in [0.717, 1.165) is 25.7 Å². The number of hydrogen-bond donors (Lipinski definition) is 1. The zero-order chi connectivity index (χ0) is 20.4. The standard InChI is InChI=1S/C21H27FN4O3/c1-14-16(22)5-3-6-17(14)23-20(27)26-11-4-9-21(13-26,10-12-28-2)19-24-18(29-25-19)15-7-8-15/h3,5-6,15H,4,7-13H2,1-2H3,(H,23,27). The Bertz CT molecular complexity index is 883. The second-order valence-corrected chi connectivity index (χ2v) is 8.12. The minimum atomic E-state index is -0.404. The quantitative estimate of drug-likeness (QED) is 0.790. The van der Waals surface area contributed by atoms with Crippen molar-refractivity contribution in [2.75, 3.05) is 32.1 Å². The number of nitrogens with one attached hydrogen (secondary N) is 1. The van der Waals surface area contributed by atoms with Gasteiger partial charge in [-0.3, -0.25) is 0 Å². The van der Waals surface area contributed by atoms with E-state index in [1.54, 1.807) is 31.1 Å². The Morgan fingerprint density at radius 1 is 1.45 bits per heavy atom. The molecule has 7 nitrogen and oxygen atoms in total. The largest absolute Gasteiger partial charge is 0.385 e. The summed E-state index contributed by atoms with van der Waals surface area (Å²) in [7, 11) is 1.67. The molecule has 1 aliphatic heterocycles. The molecule has 0 radical (unpaired) electrons. The number of carbonyl (C=O) groups is 1. The van der Waals surface area contributed by atoms with E-state index in [9.17, 15) is 9.18 Å². The van der Waals surface area contributed by atoms with E-state index in [-0.39, 0.29) is 11.8 Å². The van der Waals surface area contributed by atoms with Crippen molar-refractivity contribution in [3.63, 3.8) is 0 Å². The molecule has 156 valence electrons. The Morgan fingerprint density at radius 3 is 3.03 bits per heavy atom. The molecule has 2 aromatic rings. The normalized spacial score (nSPS) is 22.0. The number of piperidine rings is 1. The summed E-state index contributed by atoms with van der Waals surface area (Å²) in [5.74, 6) is 1.41. The van der Waals surface area contributed by atoms with Gasteiger partial charge in [0.05, 0.1) is 5.41 Å². The van der Waals surface area contributed by atoms with Gasteiger partial charge in [0, 0.05) is 44.0 Å². The Morgan fingerprint density at radius 2 is 2.28 bits per heavy atom. The van der Waals surface area contributed by atoms with Gasteiger partial charge in [0.25, 0.3) is 0 Å². The molecule has 1 aromatic carbocycles. The Kier molecular flexibility index (Phi) is 5.54. The number of carbonyl (C=O) groups excluding carboxylic acids is 1. The number of benzene rings is 1. The summed E-state index contributed by atoms with van der Waals surface area (Å²) in [6.07, 6.45) is 4.58. The fourth-order valence-electron chi connectivity index (χ4n) is 3.98. The first-order valence-electron chi connectivity index (χ1n) is 10.2. The van der Waals surface area contributed by atoms with Crippen LogP contribution in [-0.4, -0.2) is 47.9 Å². The van der Waals surface area contributed by atoms with Gasteiger partial charge in [0.15, 0.2) is 5.82 Å². The average molecular weight is 402 g/mol. The van der Waals surface area contributed by atoms with Crippen molar-refractivity contribution in [1.82, 2.24) is 15.0 Å². The smallest absolute Gasteiger partial charge is 0.321 e. The summed E-state index contributed by atoms with van der Waals surface area (Å²) in [5, 5.41) is 7.13. The number of likely N-dealkylation sites (tertiary alicyclic amines) is 1. The van der Waals surface area contributed by atoms with E-state index in [1.807, 2.05) is 0 Å². The molecular weight excluding hydrogens is 375 g/mol. The minimum Gasteiger partial charge on any atom is -0.385 e. The van der Waals surface area contributed by atoms with Gasteiger partial charge in [-0.05, 0) is 51.2 Å². The highest BCUT2D eigenvalue weighted by atomic mass is 19.1. The Balaban J connectivity index is 1.54. The first-order valence-corrected chi connectivity index (χ1v) is 10.2. The average Bonchev–Trinajstić information content (AvgIpc) is 3.46.